The number of aliphatic hydroxyl groups excluding tert-OH is 1. The molecule has 0 fully saturated rings. The quantitative estimate of drug-likeness (QED) is 0.838. The van der Waals surface area contributed by atoms with Gasteiger partial charge in [-0.05, 0) is 47.0 Å². The Bertz CT molecular complexity index is 291. The van der Waals surface area contributed by atoms with Gasteiger partial charge in [0.1, 0.15) is 5.75 Å². The Balaban J connectivity index is 2.42. The van der Waals surface area contributed by atoms with Crippen molar-refractivity contribution < 1.29 is 9.84 Å². The van der Waals surface area contributed by atoms with Crippen molar-refractivity contribution in [3.05, 3.63) is 27.7 Å². The van der Waals surface area contributed by atoms with Gasteiger partial charge in [-0.3, -0.25) is 0 Å². The van der Waals surface area contributed by atoms with Crippen molar-refractivity contribution in [2.24, 2.45) is 0 Å². The molecule has 0 aliphatic rings. The molecule has 1 aromatic carbocycles. The summed E-state index contributed by atoms with van der Waals surface area (Å²) < 4.78 is 6.33. The lowest BCUT2D eigenvalue weighted by Crippen LogP contribution is -1.98. The van der Waals surface area contributed by atoms with E-state index in [1.807, 2.05) is 6.07 Å². The molecular formula is C10H12BrClO2. The van der Waals surface area contributed by atoms with Crippen molar-refractivity contribution in [1.29, 1.82) is 0 Å². The van der Waals surface area contributed by atoms with Crippen molar-refractivity contribution >= 4 is 27.5 Å². The number of hydrogen-bond acceptors (Lipinski definition) is 2. The van der Waals surface area contributed by atoms with Gasteiger partial charge >= 0.3 is 0 Å². The van der Waals surface area contributed by atoms with Gasteiger partial charge in [0.05, 0.1) is 11.1 Å². The molecule has 1 N–H and O–H groups in total. The summed E-state index contributed by atoms with van der Waals surface area (Å²) in [6.45, 7) is 0.825. The highest BCUT2D eigenvalue weighted by molar-refractivity contribution is 9.10. The molecule has 0 aliphatic carbocycles. The molecule has 0 heterocycles. The van der Waals surface area contributed by atoms with Gasteiger partial charge in [0.25, 0.3) is 0 Å². The molecule has 0 unspecified atom stereocenters. The maximum absolute atomic E-state index is 8.57. The van der Waals surface area contributed by atoms with Gasteiger partial charge in [-0.15, -0.1) is 0 Å². The van der Waals surface area contributed by atoms with E-state index >= 15 is 0 Å². The molecule has 1 rings (SSSR count). The lowest BCUT2D eigenvalue weighted by molar-refractivity contribution is 0.252. The average Bonchev–Trinajstić information content (AvgIpc) is 2.15. The van der Waals surface area contributed by atoms with Crippen molar-refractivity contribution in [3.8, 4) is 5.75 Å². The highest BCUT2D eigenvalue weighted by Gasteiger charge is 2.00. The number of halogens is 2. The van der Waals surface area contributed by atoms with Crippen LogP contribution in [0.3, 0.4) is 0 Å². The van der Waals surface area contributed by atoms with E-state index in [-0.39, 0.29) is 6.61 Å². The first-order chi connectivity index (χ1) is 6.74. The van der Waals surface area contributed by atoms with E-state index in [2.05, 4.69) is 15.9 Å². The zero-order valence-corrected chi connectivity index (χ0v) is 10.0. The van der Waals surface area contributed by atoms with Crippen LogP contribution in [-0.2, 0) is 0 Å². The van der Waals surface area contributed by atoms with Gasteiger partial charge in [-0.2, -0.15) is 0 Å². The lowest BCUT2D eigenvalue weighted by Gasteiger charge is -2.07. The van der Waals surface area contributed by atoms with E-state index in [0.717, 1.165) is 23.1 Å². The van der Waals surface area contributed by atoms with Gasteiger partial charge in [-0.1, -0.05) is 11.6 Å². The molecule has 4 heteroatoms. The number of hydrogen-bond donors (Lipinski definition) is 1. The predicted octanol–water partition coefficient (Wildman–Crippen LogP) is 3.25. The zero-order valence-electron chi connectivity index (χ0n) is 7.67. The van der Waals surface area contributed by atoms with Crippen LogP contribution >= 0.6 is 27.5 Å². The molecule has 0 amide bonds. The maximum Gasteiger partial charge on any atom is 0.133 e. The van der Waals surface area contributed by atoms with Gasteiger partial charge in [-0.25, -0.2) is 0 Å². The molecule has 14 heavy (non-hydrogen) atoms. The predicted molar refractivity (Wildman–Crippen MR) is 61.0 cm³/mol. The molecule has 0 saturated carbocycles. The Morgan fingerprint density at radius 3 is 2.79 bits per heavy atom. The molecule has 0 saturated heterocycles. The molecule has 0 aromatic heterocycles. The van der Waals surface area contributed by atoms with Crippen molar-refractivity contribution in [1.82, 2.24) is 0 Å². The molecule has 0 atom stereocenters. The molecule has 78 valence electrons. The molecule has 0 bridgehead atoms. The zero-order chi connectivity index (χ0) is 10.4. The highest BCUT2D eigenvalue weighted by atomic mass is 79.9. The van der Waals surface area contributed by atoms with Crippen LogP contribution in [0.25, 0.3) is 0 Å². The molecule has 0 radical (unpaired) electrons. The third-order valence-electron chi connectivity index (χ3n) is 1.70. The van der Waals surface area contributed by atoms with Crippen LogP contribution in [0.5, 0.6) is 5.75 Å². The number of benzene rings is 1. The highest BCUT2D eigenvalue weighted by Crippen LogP contribution is 2.27. The van der Waals surface area contributed by atoms with E-state index in [0.29, 0.717) is 11.6 Å². The second-order valence-electron chi connectivity index (χ2n) is 2.85. The van der Waals surface area contributed by atoms with E-state index in [1.54, 1.807) is 12.1 Å². The average molecular weight is 280 g/mol. The first-order valence-corrected chi connectivity index (χ1v) is 5.60. The number of ether oxygens (including phenoxy) is 1. The smallest absolute Gasteiger partial charge is 0.133 e. The third-order valence-corrected chi connectivity index (χ3v) is 2.56. The lowest BCUT2D eigenvalue weighted by atomic mass is 10.3. The van der Waals surface area contributed by atoms with Gasteiger partial charge in [0.2, 0.25) is 0 Å². The second kappa shape index (κ2) is 6.27. The van der Waals surface area contributed by atoms with Gasteiger partial charge in [0.15, 0.2) is 0 Å². The SMILES string of the molecule is OCCCCOc1ccc(Cl)cc1Br. The van der Waals surface area contributed by atoms with Crippen LogP contribution < -0.4 is 4.74 Å². The fourth-order valence-electron chi connectivity index (χ4n) is 0.988. The Hall–Kier alpha value is -0.250. The molecule has 0 aliphatic heterocycles. The number of unbranched alkanes of at least 4 members (excludes halogenated alkanes) is 1. The van der Waals surface area contributed by atoms with Crippen molar-refractivity contribution in [2.75, 3.05) is 13.2 Å². The van der Waals surface area contributed by atoms with E-state index < -0.39 is 0 Å². The summed E-state index contributed by atoms with van der Waals surface area (Å²) in [7, 11) is 0. The first kappa shape index (κ1) is 11.8. The summed E-state index contributed by atoms with van der Waals surface area (Å²) >= 11 is 9.14. The Kier molecular flexibility index (Phi) is 5.30. The van der Waals surface area contributed by atoms with Crippen molar-refractivity contribution in [2.45, 2.75) is 12.8 Å². The number of aliphatic hydroxyl groups is 1. The molecule has 2 nitrogen and oxygen atoms in total. The number of rotatable bonds is 5. The van der Waals surface area contributed by atoms with Crippen LogP contribution in [0.4, 0.5) is 0 Å². The van der Waals surface area contributed by atoms with Gasteiger partial charge in [0, 0.05) is 11.6 Å². The summed E-state index contributed by atoms with van der Waals surface area (Å²) in [5, 5.41) is 9.25. The summed E-state index contributed by atoms with van der Waals surface area (Å²) in [4.78, 5) is 0. The Labute approximate surface area is 97.0 Å². The van der Waals surface area contributed by atoms with E-state index in [4.69, 9.17) is 21.4 Å². The van der Waals surface area contributed by atoms with Crippen LogP contribution in [0.15, 0.2) is 22.7 Å². The fraction of sp³-hybridized carbons (Fsp3) is 0.400. The summed E-state index contributed by atoms with van der Waals surface area (Å²) in [5.41, 5.74) is 0. The van der Waals surface area contributed by atoms with Crippen LogP contribution in [0.1, 0.15) is 12.8 Å². The fourth-order valence-corrected chi connectivity index (χ4v) is 1.79. The minimum Gasteiger partial charge on any atom is -0.492 e. The van der Waals surface area contributed by atoms with Crippen molar-refractivity contribution in [3.63, 3.8) is 0 Å². The van der Waals surface area contributed by atoms with E-state index in [9.17, 15) is 0 Å². The topological polar surface area (TPSA) is 29.5 Å². The monoisotopic (exact) mass is 278 g/mol. The summed E-state index contributed by atoms with van der Waals surface area (Å²) in [6, 6.07) is 5.40. The van der Waals surface area contributed by atoms with Crippen LogP contribution in [0.2, 0.25) is 5.02 Å². The second-order valence-corrected chi connectivity index (χ2v) is 4.14. The molecular weight excluding hydrogens is 267 g/mol. The molecule has 0 spiro atoms. The standard InChI is InChI=1S/C10H12BrClO2/c11-9-7-8(12)3-4-10(9)14-6-2-1-5-13/h3-4,7,13H,1-2,5-6H2. The van der Waals surface area contributed by atoms with Crippen LogP contribution in [0, 0.1) is 0 Å². The minimum absolute atomic E-state index is 0.213. The third kappa shape index (κ3) is 3.86. The molecule has 1 aromatic rings. The first-order valence-electron chi connectivity index (χ1n) is 4.43. The Morgan fingerprint density at radius 1 is 1.36 bits per heavy atom. The van der Waals surface area contributed by atoms with E-state index in [1.165, 1.54) is 0 Å². The maximum atomic E-state index is 8.57. The largest absolute Gasteiger partial charge is 0.492 e. The summed E-state index contributed by atoms with van der Waals surface area (Å²) in [5.74, 6) is 0.785. The normalized spacial score (nSPS) is 10.2. The minimum atomic E-state index is 0.213. The van der Waals surface area contributed by atoms with Gasteiger partial charge < -0.3 is 9.84 Å². The summed E-state index contributed by atoms with van der Waals surface area (Å²) in [6.07, 6.45) is 1.62. The van der Waals surface area contributed by atoms with Crippen LogP contribution in [-0.4, -0.2) is 18.3 Å². The Morgan fingerprint density at radius 2 is 2.14 bits per heavy atom.